The maximum absolute atomic E-state index is 5.94. The largest absolute Gasteiger partial charge is 0.489 e. The number of thiazole rings is 1. The minimum atomic E-state index is 0.527. The second-order valence-electron chi connectivity index (χ2n) is 5.97. The standard InChI is InChI=1S/C21H18N4OS/c1-15-5-2-3-6-16(15)14-26-18-8-4-7-17(13-18)24-21-23-10-9-19(25-21)20-22-11-12-27-20/h2-13H,14H2,1H3,(H,23,24,25). The van der Waals surface area contributed by atoms with Gasteiger partial charge in [0.2, 0.25) is 5.95 Å². The van der Waals surface area contributed by atoms with Gasteiger partial charge in [-0.2, -0.15) is 0 Å². The van der Waals surface area contributed by atoms with Crippen molar-refractivity contribution in [2.75, 3.05) is 5.32 Å². The van der Waals surface area contributed by atoms with Crippen LogP contribution in [0.25, 0.3) is 10.7 Å². The highest BCUT2D eigenvalue weighted by atomic mass is 32.1. The van der Waals surface area contributed by atoms with Crippen LogP contribution in [0, 0.1) is 6.92 Å². The van der Waals surface area contributed by atoms with Crippen molar-refractivity contribution in [3.63, 3.8) is 0 Å². The molecule has 4 aromatic rings. The summed E-state index contributed by atoms with van der Waals surface area (Å²) in [4.78, 5) is 13.1. The lowest BCUT2D eigenvalue weighted by atomic mass is 10.1. The first-order valence-corrected chi connectivity index (χ1v) is 9.43. The molecule has 0 saturated carbocycles. The highest BCUT2D eigenvalue weighted by Crippen LogP contribution is 2.23. The van der Waals surface area contributed by atoms with Crippen molar-refractivity contribution in [2.45, 2.75) is 13.5 Å². The number of hydrogen-bond donors (Lipinski definition) is 1. The average Bonchev–Trinajstić information content (AvgIpc) is 3.23. The molecule has 5 nitrogen and oxygen atoms in total. The second kappa shape index (κ2) is 7.97. The molecule has 0 unspecified atom stereocenters. The molecule has 2 aromatic heterocycles. The normalized spacial score (nSPS) is 10.6. The fourth-order valence-corrected chi connectivity index (χ4v) is 3.22. The fraction of sp³-hybridized carbons (Fsp3) is 0.0952. The van der Waals surface area contributed by atoms with Gasteiger partial charge in [-0.25, -0.2) is 15.0 Å². The predicted octanol–water partition coefficient (Wildman–Crippen LogP) is 5.23. The first kappa shape index (κ1) is 17.2. The molecule has 0 aliphatic heterocycles. The zero-order valence-electron chi connectivity index (χ0n) is 14.8. The van der Waals surface area contributed by atoms with Crippen molar-refractivity contribution >= 4 is 23.0 Å². The Hall–Kier alpha value is -3.25. The highest BCUT2D eigenvalue weighted by Gasteiger charge is 2.06. The number of nitrogens with one attached hydrogen (secondary N) is 1. The molecule has 0 aliphatic carbocycles. The van der Waals surface area contributed by atoms with E-state index in [4.69, 9.17) is 4.74 Å². The van der Waals surface area contributed by atoms with Crippen molar-refractivity contribution in [3.8, 4) is 16.5 Å². The Balaban J connectivity index is 1.47. The smallest absolute Gasteiger partial charge is 0.227 e. The first-order chi connectivity index (χ1) is 13.3. The minimum absolute atomic E-state index is 0.527. The van der Waals surface area contributed by atoms with Crippen LogP contribution < -0.4 is 10.1 Å². The van der Waals surface area contributed by atoms with Gasteiger partial charge in [0.05, 0.1) is 0 Å². The molecule has 134 valence electrons. The van der Waals surface area contributed by atoms with Gasteiger partial charge < -0.3 is 10.1 Å². The van der Waals surface area contributed by atoms with E-state index in [2.05, 4.69) is 39.3 Å². The van der Waals surface area contributed by atoms with Crippen LogP contribution in [-0.4, -0.2) is 15.0 Å². The molecule has 0 spiro atoms. The number of hydrogen-bond acceptors (Lipinski definition) is 6. The highest BCUT2D eigenvalue weighted by molar-refractivity contribution is 7.13. The molecule has 0 atom stereocenters. The van der Waals surface area contributed by atoms with Gasteiger partial charge in [0.1, 0.15) is 23.1 Å². The Morgan fingerprint density at radius 1 is 1.00 bits per heavy atom. The summed E-state index contributed by atoms with van der Waals surface area (Å²) in [6.07, 6.45) is 3.50. The van der Waals surface area contributed by atoms with E-state index < -0.39 is 0 Å². The molecule has 4 rings (SSSR count). The Kier molecular flexibility index (Phi) is 5.07. The second-order valence-corrected chi connectivity index (χ2v) is 6.87. The van der Waals surface area contributed by atoms with Crippen molar-refractivity contribution < 1.29 is 4.74 Å². The van der Waals surface area contributed by atoms with Gasteiger partial charge in [-0.05, 0) is 36.2 Å². The third-order valence-corrected chi connectivity index (χ3v) is 4.85. The third kappa shape index (κ3) is 4.30. The number of nitrogens with zero attached hydrogens (tertiary/aromatic N) is 3. The molecule has 1 N–H and O–H groups in total. The van der Waals surface area contributed by atoms with E-state index in [0.717, 1.165) is 22.1 Å². The van der Waals surface area contributed by atoms with Crippen molar-refractivity contribution in [1.29, 1.82) is 0 Å². The number of ether oxygens (including phenoxy) is 1. The van der Waals surface area contributed by atoms with Crippen molar-refractivity contribution in [3.05, 3.63) is 83.5 Å². The monoisotopic (exact) mass is 374 g/mol. The summed E-state index contributed by atoms with van der Waals surface area (Å²) in [7, 11) is 0. The summed E-state index contributed by atoms with van der Waals surface area (Å²) >= 11 is 1.55. The summed E-state index contributed by atoms with van der Waals surface area (Å²) in [5.41, 5.74) is 4.07. The van der Waals surface area contributed by atoms with Crippen molar-refractivity contribution in [1.82, 2.24) is 15.0 Å². The SMILES string of the molecule is Cc1ccccc1COc1cccc(Nc2nccc(-c3nccs3)n2)c1. The van der Waals surface area contributed by atoms with Gasteiger partial charge in [0.15, 0.2) is 0 Å². The molecule has 2 heterocycles. The fourth-order valence-electron chi connectivity index (χ4n) is 2.61. The molecule has 2 aromatic carbocycles. The number of rotatable bonds is 6. The Labute approximate surface area is 161 Å². The van der Waals surface area contributed by atoms with Crippen LogP contribution in [0.1, 0.15) is 11.1 Å². The summed E-state index contributed by atoms with van der Waals surface area (Å²) in [5.74, 6) is 1.32. The van der Waals surface area contributed by atoms with Crippen molar-refractivity contribution in [2.24, 2.45) is 0 Å². The number of anilines is 2. The molecule has 0 radical (unpaired) electrons. The van der Waals surface area contributed by atoms with E-state index in [9.17, 15) is 0 Å². The van der Waals surface area contributed by atoms with Gasteiger partial charge >= 0.3 is 0 Å². The quantitative estimate of drug-likeness (QED) is 0.501. The first-order valence-electron chi connectivity index (χ1n) is 8.55. The van der Waals surface area contributed by atoms with Crippen LogP contribution in [0.5, 0.6) is 5.75 Å². The number of benzene rings is 2. The zero-order valence-corrected chi connectivity index (χ0v) is 15.6. The molecule has 27 heavy (non-hydrogen) atoms. The predicted molar refractivity (Wildman–Crippen MR) is 108 cm³/mol. The van der Waals surface area contributed by atoms with E-state index in [-0.39, 0.29) is 0 Å². The molecule has 6 heteroatoms. The molecular weight excluding hydrogens is 356 g/mol. The van der Waals surface area contributed by atoms with E-state index >= 15 is 0 Å². The van der Waals surface area contributed by atoms with Crippen LogP contribution in [0.2, 0.25) is 0 Å². The Morgan fingerprint density at radius 2 is 1.93 bits per heavy atom. The van der Waals surface area contributed by atoms with Gasteiger partial charge in [-0.1, -0.05) is 30.3 Å². The van der Waals surface area contributed by atoms with Gasteiger partial charge in [-0.3, -0.25) is 0 Å². The minimum Gasteiger partial charge on any atom is -0.489 e. The molecule has 0 aliphatic rings. The van der Waals surface area contributed by atoms with Gasteiger partial charge in [0, 0.05) is 29.5 Å². The molecule has 0 saturated heterocycles. The lowest BCUT2D eigenvalue weighted by molar-refractivity contribution is 0.305. The van der Waals surface area contributed by atoms with E-state index in [1.807, 2.05) is 47.8 Å². The topological polar surface area (TPSA) is 59.9 Å². The number of aromatic nitrogens is 3. The van der Waals surface area contributed by atoms with E-state index in [1.165, 1.54) is 11.1 Å². The summed E-state index contributed by atoms with van der Waals surface area (Å²) in [5, 5.41) is 6.03. The van der Waals surface area contributed by atoms with Crippen LogP contribution in [0.15, 0.2) is 72.4 Å². The lowest BCUT2D eigenvalue weighted by Gasteiger charge is -2.11. The molecule has 0 fully saturated rings. The van der Waals surface area contributed by atoms with E-state index in [1.54, 1.807) is 23.7 Å². The van der Waals surface area contributed by atoms with Gasteiger partial charge in [0.25, 0.3) is 0 Å². The number of aryl methyl sites for hydroxylation is 1. The zero-order chi connectivity index (χ0) is 18.5. The molecule has 0 amide bonds. The summed E-state index contributed by atoms with van der Waals surface area (Å²) in [6.45, 7) is 2.62. The van der Waals surface area contributed by atoms with Crippen LogP contribution in [0.3, 0.4) is 0 Å². The summed E-state index contributed by atoms with van der Waals surface area (Å²) < 4.78 is 5.94. The Bertz CT molecular complexity index is 1030. The maximum atomic E-state index is 5.94. The average molecular weight is 374 g/mol. The summed E-state index contributed by atoms with van der Waals surface area (Å²) in [6, 6.07) is 17.9. The van der Waals surface area contributed by atoms with Crippen LogP contribution in [0.4, 0.5) is 11.6 Å². The Morgan fingerprint density at radius 3 is 2.78 bits per heavy atom. The maximum Gasteiger partial charge on any atom is 0.227 e. The molecular formula is C21H18N4OS. The van der Waals surface area contributed by atoms with Gasteiger partial charge in [-0.15, -0.1) is 11.3 Å². The molecule has 0 bridgehead atoms. The van der Waals surface area contributed by atoms with E-state index in [0.29, 0.717) is 12.6 Å². The lowest BCUT2D eigenvalue weighted by Crippen LogP contribution is -2.00. The third-order valence-electron chi connectivity index (χ3n) is 4.05. The van der Waals surface area contributed by atoms with Crippen LogP contribution >= 0.6 is 11.3 Å². The van der Waals surface area contributed by atoms with Crippen LogP contribution in [-0.2, 0) is 6.61 Å².